The number of carbonyl (C=O) groups excluding carboxylic acids is 2. The van der Waals surface area contributed by atoms with E-state index in [4.69, 9.17) is 0 Å². The summed E-state index contributed by atoms with van der Waals surface area (Å²) in [7, 11) is 0. The summed E-state index contributed by atoms with van der Waals surface area (Å²) in [6.07, 6.45) is 3.39. The van der Waals surface area contributed by atoms with Crippen LogP contribution >= 0.6 is 0 Å². The summed E-state index contributed by atoms with van der Waals surface area (Å²) < 4.78 is 0. The second kappa shape index (κ2) is 7.18. The molecule has 1 amide bonds. The minimum atomic E-state index is -0.517. The van der Waals surface area contributed by atoms with Crippen LogP contribution in [0.2, 0.25) is 0 Å². The molecule has 2 N–H and O–H groups in total. The summed E-state index contributed by atoms with van der Waals surface area (Å²) in [5.41, 5.74) is 2.10. The summed E-state index contributed by atoms with van der Waals surface area (Å²) in [4.78, 5) is 30.5. The Balaban J connectivity index is 1.63. The number of likely N-dealkylation sites (tertiary alicyclic amines) is 1. The first kappa shape index (κ1) is 16.7. The number of nitrogens with one attached hydrogen (secondary N) is 2. The first-order valence-corrected chi connectivity index (χ1v) is 8.71. The third-order valence-electron chi connectivity index (χ3n) is 4.78. The zero-order valence-electron chi connectivity index (χ0n) is 14.4. The maximum atomic E-state index is 12.6. The largest absolute Gasteiger partial charge is 0.358 e. The Hall–Kier alpha value is -2.14. The molecular formula is C19H25N3O2. The average molecular weight is 327 g/mol. The third-order valence-corrected chi connectivity index (χ3v) is 4.78. The highest BCUT2D eigenvalue weighted by molar-refractivity contribution is 6.45. The molecule has 1 fully saturated rings. The van der Waals surface area contributed by atoms with Crippen LogP contribution < -0.4 is 5.32 Å². The number of rotatable bonds is 6. The number of Topliss-reactive ketones (excluding diaryl/α,β-unsaturated/α-hetero) is 1. The van der Waals surface area contributed by atoms with Crippen molar-refractivity contribution in [1.82, 2.24) is 15.2 Å². The van der Waals surface area contributed by atoms with E-state index in [9.17, 15) is 9.59 Å². The van der Waals surface area contributed by atoms with E-state index in [-0.39, 0.29) is 6.04 Å². The summed E-state index contributed by atoms with van der Waals surface area (Å²) >= 11 is 0. The molecule has 0 radical (unpaired) electrons. The number of benzene rings is 1. The Bertz CT molecular complexity index is 744. The average Bonchev–Trinajstić information content (AvgIpc) is 3.18. The SMILES string of the molecule is Cc1[nH]c2ccccc2c1C(=O)C(=O)NC(C)CCN1CCCC1. The Morgan fingerprint density at radius 3 is 2.71 bits per heavy atom. The summed E-state index contributed by atoms with van der Waals surface area (Å²) in [5, 5.41) is 3.66. The smallest absolute Gasteiger partial charge is 0.292 e. The molecule has 1 aromatic carbocycles. The maximum Gasteiger partial charge on any atom is 0.292 e. The summed E-state index contributed by atoms with van der Waals surface area (Å²) in [6.45, 7) is 7.06. The number of carbonyl (C=O) groups is 2. The van der Waals surface area contributed by atoms with E-state index >= 15 is 0 Å². The van der Waals surface area contributed by atoms with E-state index in [1.807, 2.05) is 38.1 Å². The zero-order chi connectivity index (χ0) is 17.1. The van der Waals surface area contributed by atoms with E-state index in [1.54, 1.807) is 0 Å². The number of hydrogen-bond acceptors (Lipinski definition) is 3. The lowest BCUT2D eigenvalue weighted by atomic mass is 10.1. The molecule has 1 saturated heterocycles. The minimum Gasteiger partial charge on any atom is -0.358 e. The van der Waals surface area contributed by atoms with Crippen molar-refractivity contribution in [3.63, 3.8) is 0 Å². The first-order valence-electron chi connectivity index (χ1n) is 8.71. The van der Waals surface area contributed by atoms with Crippen LogP contribution in [-0.4, -0.2) is 47.3 Å². The number of ketones is 1. The lowest BCUT2D eigenvalue weighted by Gasteiger charge is -2.18. The van der Waals surface area contributed by atoms with Gasteiger partial charge in [-0.2, -0.15) is 0 Å². The van der Waals surface area contributed by atoms with Crippen LogP contribution in [0.1, 0.15) is 42.2 Å². The van der Waals surface area contributed by atoms with Crippen LogP contribution in [-0.2, 0) is 4.79 Å². The number of hydrogen-bond donors (Lipinski definition) is 2. The van der Waals surface area contributed by atoms with Crippen LogP contribution in [0.15, 0.2) is 24.3 Å². The first-order chi connectivity index (χ1) is 11.6. The molecule has 3 rings (SSSR count). The van der Waals surface area contributed by atoms with Gasteiger partial charge in [-0.25, -0.2) is 0 Å². The van der Waals surface area contributed by atoms with Gasteiger partial charge in [-0.3, -0.25) is 9.59 Å². The summed E-state index contributed by atoms with van der Waals surface area (Å²) in [6, 6.07) is 7.56. The lowest BCUT2D eigenvalue weighted by molar-refractivity contribution is -0.117. The predicted octanol–water partition coefficient (Wildman–Crippen LogP) is 2.65. The van der Waals surface area contributed by atoms with E-state index in [1.165, 1.54) is 12.8 Å². The topological polar surface area (TPSA) is 65.2 Å². The van der Waals surface area contributed by atoms with Gasteiger partial charge in [0.05, 0.1) is 5.56 Å². The van der Waals surface area contributed by atoms with Gasteiger partial charge in [0.1, 0.15) is 0 Å². The second-order valence-electron chi connectivity index (χ2n) is 6.71. The molecule has 1 unspecified atom stereocenters. The summed E-state index contributed by atoms with van der Waals surface area (Å²) in [5.74, 6) is -0.977. The number of aromatic amines is 1. The van der Waals surface area contributed by atoms with Crippen molar-refractivity contribution in [2.75, 3.05) is 19.6 Å². The van der Waals surface area contributed by atoms with Gasteiger partial charge in [-0.1, -0.05) is 18.2 Å². The molecule has 0 spiro atoms. The van der Waals surface area contributed by atoms with Crippen molar-refractivity contribution >= 4 is 22.6 Å². The van der Waals surface area contributed by atoms with Crippen LogP contribution in [0.5, 0.6) is 0 Å². The fourth-order valence-electron chi connectivity index (χ4n) is 3.43. The van der Waals surface area contributed by atoms with Gasteiger partial charge in [-0.15, -0.1) is 0 Å². The number of nitrogens with zero attached hydrogens (tertiary/aromatic N) is 1. The Morgan fingerprint density at radius 1 is 1.25 bits per heavy atom. The monoisotopic (exact) mass is 327 g/mol. The standard InChI is InChI=1S/C19H25N3O2/c1-13(9-12-22-10-5-6-11-22)20-19(24)18(23)17-14(2)21-16-8-4-3-7-15(16)17/h3-4,7-8,13,21H,5-6,9-12H2,1-2H3,(H,20,24). The molecule has 2 heterocycles. The van der Waals surface area contributed by atoms with Crippen LogP contribution in [0.3, 0.4) is 0 Å². The Kier molecular flexibility index (Phi) is 5.00. The quantitative estimate of drug-likeness (QED) is 0.633. The fourth-order valence-corrected chi connectivity index (χ4v) is 3.43. The van der Waals surface area contributed by atoms with Gasteiger partial charge >= 0.3 is 0 Å². The molecule has 1 aliphatic rings. The predicted molar refractivity (Wildman–Crippen MR) is 95.3 cm³/mol. The second-order valence-corrected chi connectivity index (χ2v) is 6.71. The van der Waals surface area contributed by atoms with Gasteiger partial charge in [0.25, 0.3) is 11.7 Å². The van der Waals surface area contributed by atoms with E-state index in [0.29, 0.717) is 5.56 Å². The van der Waals surface area contributed by atoms with Gasteiger partial charge < -0.3 is 15.2 Å². The molecule has 1 aromatic heterocycles. The van der Waals surface area contributed by atoms with Gasteiger partial charge in [-0.05, 0) is 52.3 Å². The van der Waals surface area contributed by atoms with Crippen molar-refractivity contribution in [3.05, 3.63) is 35.5 Å². The van der Waals surface area contributed by atoms with Crippen LogP contribution in [0.4, 0.5) is 0 Å². The molecule has 2 aromatic rings. The maximum absolute atomic E-state index is 12.6. The Labute approximate surface area is 142 Å². The zero-order valence-corrected chi connectivity index (χ0v) is 14.4. The fraction of sp³-hybridized carbons (Fsp3) is 0.474. The highest BCUT2D eigenvalue weighted by Crippen LogP contribution is 2.22. The molecule has 1 atom stereocenters. The molecular weight excluding hydrogens is 302 g/mol. The molecule has 0 saturated carbocycles. The number of aryl methyl sites for hydroxylation is 1. The van der Waals surface area contributed by atoms with Crippen LogP contribution in [0.25, 0.3) is 10.9 Å². The molecule has 0 aliphatic carbocycles. The molecule has 1 aliphatic heterocycles. The molecule has 24 heavy (non-hydrogen) atoms. The van der Waals surface area contributed by atoms with Crippen LogP contribution in [0, 0.1) is 6.92 Å². The highest BCUT2D eigenvalue weighted by Gasteiger charge is 2.24. The Morgan fingerprint density at radius 2 is 1.96 bits per heavy atom. The number of para-hydroxylation sites is 1. The van der Waals surface area contributed by atoms with Gasteiger partial charge in [0.2, 0.25) is 0 Å². The van der Waals surface area contributed by atoms with Crippen molar-refractivity contribution in [3.8, 4) is 0 Å². The van der Waals surface area contributed by atoms with E-state index in [2.05, 4.69) is 15.2 Å². The molecule has 5 nitrogen and oxygen atoms in total. The molecule has 5 heteroatoms. The minimum absolute atomic E-state index is 0.00689. The van der Waals surface area contributed by atoms with Crippen molar-refractivity contribution < 1.29 is 9.59 Å². The van der Waals surface area contributed by atoms with Crippen molar-refractivity contribution in [1.29, 1.82) is 0 Å². The molecule has 128 valence electrons. The number of aromatic nitrogens is 1. The number of H-pyrrole nitrogens is 1. The highest BCUT2D eigenvalue weighted by atomic mass is 16.2. The van der Waals surface area contributed by atoms with Crippen molar-refractivity contribution in [2.24, 2.45) is 0 Å². The normalized spacial score (nSPS) is 16.4. The van der Waals surface area contributed by atoms with Crippen molar-refractivity contribution in [2.45, 2.75) is 39.2 Å². The van der Waals surface area contributed by atoms with Gasteiger partial charge in [0, 0.05) is 29.2 Å². The van der Waals surface area contributed by atoms with E-state index in [0.717, 1.165) is 42.7 Å². The van der Waals surface area contributed by atoms with E-state index < -0.39 is 11.7 Å². The number of fused-ring (bicyclic) bond motifs is 1. The van der Waals surface area contributed by atoms with Gasteiger partial charge in [0.15, 0.2) is 0 Å². The third kappa shape index (κ3) is 3.51. The number of amides is 1. The molecule has 0 bridgehead atoms. The lowest BCUT2D eigenvalue weighted by Crippen LogP contribution is -2.39.